The van der Waals surface area contributed by atoms with E-state index in [1.807, 2.05) is 31.2 Å². The molecule has 30 heavy (non-hydrogen) atoms. The number of amides is 1. The van der Waals surface area contributed by atoms with Crippen molar-refractivity contribution in [2.24, 2.45) is 0 Å². The molecule has 0 fully saturated rings. The van der Waals surface area contributed by atoms with Gasteiger partial charge in [0, 0.05) is 17.4 Å². The number of aryl methyl sites for hydroxylation is 1. The molecule has 3 aromatic heterocycles. The normalized spacial score (nSPS) is 11.3. The van der Waals surface area contributed by atoms with Crippen LogP contribution in [0.25, 0.3) is 17.0 Å². The second-order valence-corrected chi connectivity index (χ2v) is 6.47. The second kappa shape index (κ2) is 8.37. The van der Waals surface area contributed by atoms with Crippen molar-refractivity contribution in [3.05, 3.63) is 65.9 Å². The molecular weight excluding hydrogens is 396 g/mol. The molecule has 0 unspecified atom stereocenters. The maximum absolute atomic E-state index is 12.8. The maximum Gasteiger partial charge on any atom is 0.274 e. The summed E-state index contributed by atoms with van der Waals surface area (Å²) in [5, 5.41) is 6.72. The number of nitrogens with zero attached hydrogens (tertiary/aromatic N) is 4. The molecule has 0 aliphatic heterocycles. The molecule has 1 aromatic carbocycles. The number of rotatable bonds is 7. The molecule has 0 atom stereocenters. The van der Waals surface area contributed by atoms with Gasteiger partial charge >= 0.3 is 0 Å². The van der Waals surface area contributed by atoms with Crippen LogP contribution in [-0.2, 0) is 11.3 Å². The minimum atomic E-state index is -2.57. The van der Waals surface area contributed by atoms with Gasteiger partial charge < -0.3 is 14.6 Å². The van der Waals surface area contributed by atoms with E-state index < -0.39 is 13.0 Å². The van der Waals surface area contributed by atoms with Gasteiger partial charge in [0.2, 0.25) is 5.82 Å². The lowest BCUT2D eigenvalue weighted by Gasteiger charge is -2.09. The van der Waals surface area contributed by atoms with E-state index in [2.05, 4.69) is 20.4 Å². The molecule has 0 bridgehead atoms. The van der Waals surface area contributed by atoms with Gasteiger partial charge in [0.25, 0.3) is 18.2 Å². The van der Waals surface area contributed by atoms with Crippen molar-refractivity contribution < 1.29 is 22.8 Å². The molecule has 0 radical (unpaired) electrons. The number of anilines is 1. The zero-order valence-corrected chi connectivity index (χ0v) is 15.9. The topological polar surface area (TPSA) is 94.5 Å². The smallest absolute Gasteiger partial charge is 0.274 e. The lowest BCUT2D eigenvalue weighted by Crippen LogP contribution is -2.15. The number of carbonyl (C=O) groups excluding carboxylic acids is 1. The summed E-state index contributed by atoms with van der Waals surface area (Å²) in [5.74, 6) is 0.0293. The van der Waals surface area contributed by atoms with Gasteiger partial charge in [-0.15, -0.1) is 0 Å². The Morgan fingerprint density at radius 1 is 1.30 bits per heavy atom. The number of pyridine rings is 1. The van der Waals surface area contributed by atoms with Crippen LogP contribution in [0.2, 0.25) is 0 Å². The average Bonchev–Trinajstić information content (AvgIpc) is 3.36. The van der Waals surface area contributed by atoms with Gasteiger partial charge in [-0.25, -0.2) is 13.8 Å². The number of hydrogen-bond acceptors (Lipinski definition) is 6. The molecule has 0 aliphatic rings. The minimum Gasteiger partial charge on any atom is -0.366 e. The fourth-order valence-corrected chi connectivity index (χ4v) is 2.85. The SMILES string of the molecule is Cc1ccc(-c2noc(COCC(F)F)n2)cc1NC(=O)c1cnc2ccccn12. The third kappa shape index (κ3) is 4.18. The highest BCUT2D eigenvalue weighted by molar-refractivity contribution is 6.04. The van der Waals surface area contributed by atoms with Crippen molar-refractivity contribution in [3.8, 4) is 11.4 Å². The Labute approximate surface area is 169 Å². The molecule has 10 heteroatoms. The molecule has 4 rings (SSSR count). The van der Waals surface area contributed by atoms with Crippen LogP contribution in [0, 0.1) is 6.92 Å². The van der Waals surface area contributed by atoms with E-state index in [1.54, 1.807) is 22.7 Å². The van der Waals surface area contributed by atoms with Crippen molar-refractivity contribution in [3.63, 3.8) is 0 Å². The summed E-state index contributed by atoms with van der Waals surface area (Å²) < 4.78 is 35.8. The van der Waals surface area contributed by atoms with E-state index in [9.17, 15) is 13.6 Å². The molecule has 0 aliphatic carbocycles. The lowest BCUT2D eigenvalue weighted by atomic mass is 10.1. The van der Waals surface area contributed by atoms with Crippen molar-refractivity contribution >= 4 is 17.2 Å². The monoisotopic (exact) mass is 413 g/mol. The Hall–Kier alpha value is -3.66. The summed E-state index contributed by atoms with van der Waals surface area (Å²) in [4.78, 5) is 21.1. The quantitative estimate of drug-likeness (QED) is 0.496. The number of alkyl halides is 2. The third-order valence-corrected chi connectivity index (χ3v) is 4.33. The molecule has 0 saturated heterocycles. The van der Waals surface area contributed by atoms with Crippen LogP contribution >= 0.6 is 0 Å². The molecule has 1 N–H and O–H groups in total. The third-order valence-electron chi connectivity index (χ3n) is 4.33. The summed E-state index contributed by atoms with van der Waals surface area (Å²) in [6.45, 7) is 0.941. The Kier molecular flexibility index (Phi) is 5.48. The van der Waals surface area contributed by atoms with E-state index >= 15 is 0 Å². The zero-order chi connectivity index (χ0) is 21.1. The highest BCUT2D eigenvalue weighted by Gasteiger charge is 2.15. The van der Waals surface area contributed by atoms with E-state index in [0.29, 0.717) is 22.6 Å². The van der Waals surface area contributed by atoms with Gasteiger partial charge in [0.05, 0.1) is 6.20 Å². The number of benzene rings is 1. The molecule has 0 spiro atoms. The standard InChI is InChI=1S/C20H17F2N5O3/c1-12-5-6-13(19-25-18(30-26-19)11-29-10-16(21)22)8-14(12)24-20(28)15-9-23-17-4-2-3-7-27(15)17/h2-9,16H,10-11H2,1H3,(H,24,28). The van der Waals surface area contributed by atoms with E-state index in [-0.39, 0.29) is 24.2 Å². The average molecular weight is 413 g/mol. The Morgan fingerprint density at radius 3 is 3.00 bits per heavy atom. The van der Waals surface area contributed by atoms with Crippen LogP contribution < -0.4 is 5.32 Å². The number of ether oxygens (including phenoxy) is 1. The van der Waals surface area contributed by atoms with Crippen LogP contribution in [0.4, 0.5) is 14.5 Å². The Bertz CT molecular complexity index is 1190. The number of imidazole rings is 1. The first-order valence-corrected chi connectivity index (χ1v) is 9.04. The molecule has 8 nitrogen and oxygen atoms in total. The Balaban J connectivity index is 1.52. The number of carbonyl (C=O) groups is 1. The first kappa shape index (κ1) is 19.6. The van der Waals surface area contributed by atoms with Crippen LogP contribution in [-0.4, -0.2) is 38.5 Å². The summed E-state index contributed by atoms with van der Waals surface area (Å²) in [6.07, 6.45) is 0.704. The van der Waals surface area contributed by atoms with Crippen molar-refractivity contribution in [2.75, 3.05) is 11.9 Å². The molecule has 1 amide bonds. The predicted molar refractivity (Wildman–Crippen MR) is 103 cm³/mol. The maximum atomic E-state index is 12.8. The minimum absolute atomic E-state index is 0.0857. The molecule has 4 aromatic rings. The van der Waals surface area contributed by atoms with Crippen molar-refractivity contribution in [1.29, 1.82) is 0 Å². The van der Waals surface area contributed by atoms with Crippen LogP contribution in [0.5, 0.6) is 0 Å². The number of aromatic nitrogens is 4. The van der Waals surface area contributed by atoms with Gasteiger partial charge in [-0.2, -0.15) is 4.98 Å². The molecule has 0 saturated carbocycles. The fraction of sp³-hybridized carbons (Fsp3) is 0.200. The summed E-state index contributed by atoms with van der Waals surface area (Å²) in [5.41, 5.74) is 3.07. The summed E-state index contributed by atoms with van der Waals surface area (Å²) in [6, 6.07) is 10.8. The summed E-state index contributed by atoms with van der Waals surface area (Å²) in [7, 11) is 0. The number of fused-ring (bicyclic) bond motifs is 1. The Morgan fingerprint density at radius 2 is 2.17 bits per heavy atom. The van der Waals surface area contributed by atoms with Gasteiger partial charge in [0.1, 0.15) is 24.6 Å². The highest BCUT2D eigenvalue weighted by Crippen LogP contribution is 2.24. The fourth-order valence-electron chi connectivity index (χ4n) is 2.85. The van der Waals surface area contributed by atoms with Gasteiger partial charge in [-0.05, 0) is 30.7 Å². The van der Waals surface area contributed by atoms with Gasteiger partial charge in [-0.1, -0.05) is 23.4 Å². The van der Waals surface area contributed by atoms with Crippen molar-refractivity contribution in [2.45, 2.75) is 20.0 Å². The molecule has 154 valence electrons. The second-order valence-electron chi connectivity index (χ2n) is 6.47. The first-order chi connectivity index (χ1) is 14.5. The number of hydrogen-bond donors (Lipinski definition) is 1. The number of halogens is 2. The van der Waals surface area contributed by atoms with E-state index in [0.717, 1.165) is 5.56 Å². The molecule has 3 heterocycles. The van der Waals surface area contributed by atoms with E-state index in [1.165, 1.54) is 6.20 Å². The summed E-state index contributed by atoms with van der Waals surface area (Å²) >= 11 is 0. The number of nitrogens with one attached hydrogen (secondary N) is 1. The van der Waals surface area contributed by atoms with Gasteiger partial charge in [0.15, 0.2) is 0 Å². The zero-order valence-electron chi connectivity index (χ0n) is 15.9. The molecular formula is C20H17F2N5O3. The van der Waals surface area contributed by atoms with Crippen LogP contribution in [0.3, 0.4) is 0 Å². The predicted octanol–water partition coefficient (Wildman–Crippen LogP) is 3.73. The van der Waals surface area contributed by atoms with Crippen LogP contribution in [0.1, 0.15) is 21.9 Å². The van der Waals surface area contributed by atoms with Crippen LogP contribution in [0.15, 0.2) is 53.3 Å². The van der Waals surface area contributed by atoms with E-state index in [4.69, 9.17) is 9.26 Å². The highest BCUT2D eigenvalue weighted by atomic mass is 19.3. The first-order valence-electron chi connectivity index (χ1n) is 9.04. The van der Waals surface area contributed by atoms with Gasteiger partial charge in [-0.3, -0.25) is 9.20 Å². The van der Waals surface area contributed by atoms with Crippen molar-refractivity contribution in [1.82, 2.24) is 19.5 Å². The largest absolute Gasteiger partial charge is 0.366 e. The lowest BCUT2D eigenvalue weighted by molar-refractivity contribution is 0.00169.